The van der Waals surface area contributed by atoms with Gasteiger partial charge in [0.2, 0.25) is 11.6 Å². The molecular formula is C43H44N4O5. The summed E-state index contributed by atoms with van der Waals surface area (Å²) in [5.41, 5.74) is 12.4. The molecule has 2 fully saturated rings. The molecule has 9 nitrogen and oxygen atoms in total. The van der Waals surface area contributed by atoms with Crippen LogP contribution >= 0.6 is 0 Å². The predicted octanol–water partition coefficient (Wildman–Crippen LogP) is 8.13. The molecule has 0 bridgehead atoms. The molecule has 4 aromatic carbocycles. The molecule has 2 aliphatic heterocycles. The second-order valence-corrected chi connectivity index (χ2v) is 14.0. The van der Waals surface area contributed by atoms with Crippen molar-refractivity contribution < 1.29 is 23.8 Å². The summed E-state index contributed by atoms with van der Waals surface area (Å²) in [6, 6.07) is 20.7. The maximum absolute atomic E-state index is 10.8. The van der Waals surface area contributed by atoms with Gasteiger partial charge in [0, 0.05) is 50.4 Å². The second-order valence-electron chi connectivity index (χ2n) is 14.0. The standard InChI is InChI=1S/C43H44N4O5/c1-27-18-33(23-47-16-14-34(49)24-47)41(50-5)21-32(27)13-12-31-8-6-9-36(28(31)2)37-10-7-11-38(29(37)3)43-45-40-20-30(19-39(44-4)42(40)52-43)22-46-17-15-35(25-46)51-26-48/h6-13,18-21,26,34-35,49H,14-17,22-25H2,1-3,5H3/b13-12+/t34-,35+/m0/s1. The molecule has 3 heterocycles. The summed E-state index contributed by atoms with van der Waals surface area (Å²) in [5, 5.41) is 9.98. The van der Waals surface area contributed by atoms with Gasteiger partial charge in [-0.2, -0.15) is 0 Å². The molecule has 0 saturated carbocycles. The van der Waals surface area contributed by atoms with E-state index in [1.54, 1.807) is 7.11 Å². The van der Waals surface area contributed by atoms with Crippen molar-refractivity contribution in [3.63, 3.8) is 0 Å². The summed E-state index contributed by atoms with van der Waals surface area (Å²) < 4.78 is 17.3. The van der Waals surface area contributed by atoms with Crippen molar-refractivity contribution in [2.24, 2.45) is 0 Å². The number of aliphatic hydroxyl groups is 1. The van der Waals surface area contributed by atoms with E-state index < -0.39 is 0 Å². The van der Waals surface area contributed by atoms with Crippen LogP contribution in [0.2, 0.25) is 0 Å². The molecule has 0 amide bonds. The van der Waals surface area contributed by atoms with E-state index >= 15 is 0 Å². The fourth-order valence-corrected chi connectivity index (χ4v) is 7.67. The van der Waals surface area contributed by atoms with Crippen LogP contribution in [0.3, 0.4) is 0 Å². The number of ether oxygens (including phenoxy) is 2. The van der Waals surface area contributed by atoms with Crippen LogP contribution in [-0.4, -0.2) is 71.9 Å². The molecule has 52 heavy (non-hydrogen) atoms. The van der Waals surface area contributed by atoms with E-state index in [1.165, 1.54) is 5.56 Å². The zero-order valence-corrected chi connectivity index (χ0v) is 30.2. The van der Waals surface area contributed by atoms with E-state index in [1.807, 2.05) is 24.3 Å². The number of aryl methyl sites for hydroxylation is 1. The lowest BCUT2D eigenvalue weighted by atomic mass is 9.91. The minimum Gasteiger partial charge on any atom is -0.496 e. The number of aliphatic hydroxyl groups excluding tert-OH is 1. The molecule has 0 radical (unpaired) electrons. The Bertz CT molecular complexity index is 2200. The summed E-state index contributed by atoms with van der Waals surface area (Å²) in [6.45, 7) is 19.2. The van der Waals surface area contributed by atoms with E-state index in [-0.39, 0.29) is 12.2 Å². The summed E-state index contributed by atoms with van der Waals surface area (Å²) in [7, 11) is 1.71. The van der Waals surface area contributed by atoms with Gasteiger partial charge in [-0.3, -0.25) is 14.6 Å². The molecule has 266 valence electrons. The number of carbonyl (C=O) groups is 1. The molecule has 7 rings (SSSR count). The summed E-state index contributed by atoms with van der Waals surface area (Å²) in [4.78, 5) is 24.0. The molecule has 5 aromatic rings. The number of aromatic nitrogens is 1. The highest BCUT2D eigenvalue weighted by atomic mass is 16.5. The van der Waals surface area contributed by atoms with Gasteiger partial charge in [-0.25, -0.2) is 9.83 Å². The first-order valence-corrected chi connectivity index (χ1v) is 17.8. The van der Waals surface area contributed by atoms with Gasteiger partial charge in [-0.1, -0.05) is 48.6 Å². The Kier molecular flexibility index (Phi) is 10.2. The second kappa shape index (κ2) is 15.1. The third-order valence-electron chi connectivity index (χ3n) is 10.5. The van der Waals surface area contributed by atoms with Gasteiger partial charge in [0.15, 0.2) is 5.58 Å². The quantitative estimate of drug-likeness (QED) is 0.0841. The SMILES string of the molecule is [C-]#[N+]c1cc(CN2CC[C@@H](OC=O)C2)cc2nc(-c3cccc(-c4cccc(/C=C/c5cc(OC)c(CN6CC[C@H](O)C6)cc5C)c4C)c3C)oc12. The number of hydrogen-bond donors (Lipinski definition) is 1. The Hall–Kier alpha value is -5.27. The minimum absolute atomic E-state index is 0.0938. The Morgan fingerprint density at radius 1 is 0.923 bits per heavy atom. The first-order valence-electron chi connectivity index (χ1n) is 17.8. The van der Waals surface area contributed by atoms with Gasteiger partial charge in [-0.05, 0) is 102 Å². The van der Waals surface area contributed by atoms with Crippen LogP contribution in [0.1, 0.15) is 51.8 Å². The van der Waals surface area contributed by atoms with Crippen LogP contribution in [0, 0.1) is 27.3 Å². The molecule has 0 unspecified atom stereocenters. The molecule has 2 saturated heterocycles. The van der Waals surface area contributed by atoms with Crippen LogP contribution in [0.4, 0.5) is 5.69 Å². The Morgan fingerprint density at radius 2 is 1.65 bits per heavy atom. The average Bonchev–Trinajstić information content (AvgIpc) is 3.88. The maximum atomic E-state index is 10.8. The van der Waals surface area contributed by atoms with Gasteiger partial charge in [0.05, 0.1) is 25.3 Å². The Morgan fingerprint density at radius 3 is 2.40 bits per heavy atom. The molecular weight excluding hydrogens is 652 g/mol. The van der Waals surface area contributed by atoms with E-state index in [4.69, 9.17) is 25.4 Å². The van der Waals surface area contributed by atoms with Crippen molar-refractivity contribution in [1.82, 2.24) is 14.8 Å². The summed E-state index contributed by atoms with van der Waals surface area (Å²) in [6.07, 6.45) is 5.59. The first kappa shape index (κ1) is 35.1. The molecule has 0 aliphatic carbocycles. The largest absolute Gasteiger partial charge is 0.496 e. The van der Waals surface area contributed by atoms with Crippen molar-refractivity contribution in [3.8, 4) is 28.3 Å². The number of β-amino-alcohol motifs (C(OH)–C–C–N with tert-alkyl or cyclic N) is 1. The highest BCUT2D eigenvalue weighted by molar-refractivity contribution is 5.90. The van der Waals surface area contributed by atoms with Crippen molar-refractivity contribution in [2.45, 2.75) is 58.9 Å². The number of carbonyl (C=O) groups excluding carboxylic acids is 1. The van der Waals surface area contributed by atoms with Crippen LogP contribution in [0.5, 0.6) is 5.75 Å². The van der Waals surface area contributed by atoms with E-state index in [0.29, 0.717) is 48.8 Å². The van der Waals surface area contributed by atoms with E-state index in [2.05, 4.69) is 84.0 Å². The number of benzene rings is 4. The van der Waals surface area contributed by atoms with Gasteiger partial charge < -0.3 is 19.0 Å². The van der Waals surface area contributed by atoms with Crippen molar-refractivity contribution in [1.29, 1.82) is 0 Å². The first-order chi connectivity index (χ1) is 25.2. The lowest BCUT2D eigenvalue weighted by Crippen LogP contribution is -2.22. The average molecular weight is 697 g/mol. The van der Waals surface area contributed by atoms with Crippen molar-refractivity contribution >= 4 is 35.4 Å². The lowest BCUT2D eigenvalue weighted by Gasteiger charge is -2.18. The highest BCUT2D eigenvalue weighted by Gasteiger charge is 2.25. The molecule has 1 N–H and O–H groups in total. The predicted molar refractivity (Wildman–Crippen MR) is 204 cm³/mol. The zero-order chi connectivity index (χ0) is 36.4. The molecule has 2 atom stereocenters. The van der Waals surface area contributed by atoms with Crippen molar-refractivity contribution in [2.75, 3.05) is 33.3 Å². The normalized spacial score (nSPS) is 18.0. The van der Waals surface area contributed by atoms with Gasteiger partial charge in [0.1, 0.15) is 11.9 Å². The fraction of sp³-hybridized carbons (Fsp3) is 0.326. The Labute approximate surface area is 304 Å². The molecule has 0 spiro atoms. The number of hydrogen-bond acceptors (Lipinski definition) is 8. The van der Waals surface area contributed by atoms with E-state index in [0.717, 1.165) is 88.3 Å². The number of oxazole rings is 1. The lowest BCUT2D eigenvalue weighted by molar-refractivity contribution is -0.132. The van der Waals surface area contributed by atoms with Gasteiger partial charge >= 0.3 is 0 Å². The number of fused-ring (bicyclic) bond motifs is 1. The zero-order valence-electron chi connectivity index (χ0n) is 30.2. The number of rotatable bonds is 11. The number of methoxy groups -OCH3 is 1. The smallest absolute Gasteiger partial charge is 0.293 e. The van der Waals surface area contributed by atoms with Crippen LogP contribution in [-0.2, 0) is 22.6 Å². The minimum atomic E-state index is -0.249. The van der Waals surface area contributed by atoms with Crippen LogP contribution < -0.4 is 4.74 Å². The molecule has 2 aliphatic rings. The number of nitrogens with zero attached hydrogens (tertiary/aromatic N) is 4. The molecule has 1 aromatic heterocycles. The van der Waals surface area contributed by atoms with Crippen molar-refractivity contribution in [3.05, 3.63) is 111 Å². The van der Waals surface area contributed by atoms with Crippen LogP contribution in [0.25, 0.3) is 50.7 Å². The van der Waals surface area contributed by atoms with Gasteiger partial charge in [-0.15, -0.1) is 0 Å². The highest BCUT2D eigenvalue weighted by Crippen LogP contribution is 2.38. The van der Waals surface area contributed by atoms with Gasteiger partial charge in [0.25, 0.3) is 6.47 Å². The number of likely N-dealkylation sites (tertiary alicyclic amines) is 2. The Balaban J connectivity index is 1.15. The monoisotopic (exact) mass is 696 g/mol. The third-order valence-corrected chi connectivity index (χ3v) is 10.5. The van der Waals surface area contributed by atoms with Crippen LogP contribution in [0.15, 0.2) is 65.1 Å². The summed E-state index contributed by atoms with van der Waals surface area (Å²) >= 11 is 0. The summed E-state index contributed by atoms with van der Waals surface area (Å²) in [5.74, 6) is 1.34. The molecule has 9 heteroatoms. The fourth-order valence-electron chi connectivity index (χ4n) is 7.67. The maximum Gasteiger partial charge on any atom is 0.293 e. The third kappa shape index (κ3) is 7.24. The topological polar surface area (TPSA) is 92.6 Å². The van der Waals surface area contributed by atoms with E-state index in [9.17, 15) is 9.90 Å².